The van der Waals surface area contributed by atoms with Gasteiger partial charge in [0, 0.05) is 22.3 Å². The summed E-state index contributed by atoms with van der Waals surface area (Å²) in [5.41, 5.74) is 2.60. The molecule has 1 fully saturated rings. The molecule has 0 unspecified atom stereocenters. The predicted octanol–water partition coefficient (Wildman–Crippen LogP) is 4.10. The van der Waals surface area contributed by atoms with Crippen LogP contribution in [0.4, 0.5) is 0 Å². The minimum Gasteiger partial charge on any atom is -0.361 e. The van der Waals surface area contributed by atoms with Gasteiger partial charge >= 0.3 is 0 Å². The van der Waals surface area contributed by atoms with E-state index in [1.807, 2.05) is 42.7 Å². The first kappa shape index (κ1) is 18.9. The van der Waals surface area contributed by atoms with Gasteiger partial charge in [-0.3, -0.25) is 14.5 Å². The molecule has 2 heterocycles. The normalized spacial score (nSPS) is 13.6. The van der Waals surface area contributed by atoms with Crippen molar-refractivity contribution < 1.29 is 9.32 Å². The second kappa shape index (κ2) is 7.92. The maximum absolute atomic E-state index is 12.8. The number of hydrogen-bond donors (Lipinski definition) is 2. The molecule has 9 heteroatoms. The highest BCUT2D eigenvalue weighted by Gasteiger charge is 2.27. The van der Waals surface area contributed by atoms with E-state index in [2.05, 4.69) is 20.7 Å². The number of nitrogens with one attached hydrogen (secondary N) is 2. The molecule has 2 N–H and O–H groups in total. The zero-order valence-corrected chi connectivity index (χ0v) is 17.3. The summed E-state index contributed by atoms with van der Waals surface area (Å²) in [7, 11) is 0. The van der Waals surface area contributed by atoms with Crippen LogP contribution in [0.3, 0.4) is 0 Å². The second-order valence-corrected chi connectivity index (χ2v) is 8.22. The number of aromatic nitrogens is 4. The lowest BCUT2D eigenvalue weighted by atomic mass is 10.2. The summed E-state index contributed by atoms with van der Waals surface area (Å²) in [5.74, 6) is 2.15. The predicted molar refractivity (Wildman–Crippen MR) is 109 cm³/mol. The van der Waals surface area contributed by atoms with E-state index < -0.39 is 0 Å². The van der Waals surface area contributed by atoms with Crippen molar-refractivity contribution >= 4 is 29.9 Å². The van der Waals surface area contributed by atoms with Crippen molar-refractivity contribution in [2.24, 2.45) is 0 Å². The largest absolute Gasteiger partial charge is 0.361 e. The zero-order chi connectivity index (χ0) is 19.7. The second-order valence-electron chi connectivity index (χ2n) is 6.82. The number of carbonyl (C=O) groups is 1. The number of benzene rings is 1. The average Bonchev–Trinajstić information content (AvgIpc) is 3.39. The lowest BCUT2D eigenvalue weighted by Gasteiger charge is -2.10. The molecule has 0 radical (unpaired) electrons. The van der Waals surface area contributed by atoms with Crippen LogP contribution in [0.2, 0.25) is 0 Å². The maximum atomic E-state index is 12.8. The molecule has 146 valence electrons. The third-order valence-electron chi connectivity index (χ3n) is 4.78. The standard InChI is InChI=1S/C19H21N5O2S2/c1-11-15(12(2)26-23-11)10-28-16-6-4-3-5-14(16)18(25)20-9-17-21-22-19(27)24(17)13-7-8-13/h3-6,13H,7-10H2,1-2H3,(H,20,25)(H,22,27). The Balaban J connectivity index is 1.45. The zero-order valence-electron chi connectivity index (χ0n) is 15.7. The Morgan fingerprint density at radius 1 is 1.39 bits per heavy atom. The molecule has 0 saturated heterocycles. The number of nitrogens with zero attached hydrogens (tertiary/aromatic N) is 3. The van der Waals surface area contributed by atoms with Gasteiger partial charge in [-0.25, -0.2) is 0 Å². The number of H-pyrrole nitrogens is 1. The van der Waals surface area contributed by atoms with Crippen molar-refractivity contribution in [1.82, 2.24) is 25.2 Å². The first-order valence-corrected chi connectivity index (χ1v) is 10.5. The van der Waals surface area contributed by atoms with Crippen LogP contribution in [-0.4, -0.2) is 25.8 Å². The molecule has 1 aromatic carbocycles. The van der Waals surface area contributed by atoms with Gasteiger partial charge in [-0.2, -0.15) is 5.10 Å². The quantitative estimate of drug-likeness (QED) is 0.446. The van der Waals surface area contributed by atoms with E-state index in [0.717, 1.165) is 40.6 Å². The van der Waals surface area contributed by atoms with E-state index in [-0.39, 0.29) is 5.91 Å². The van der Waals surface area contributed by atoms with Crippen molar-refractivity contribution in [2.45, 2.75) is 49.9 Å². The molecule has 28 heavy (non-hydrogen) atoms. The van der Waals surface area contributed by atoms with Gasteiger partial charge < -0.3 is 9.84 Å². The Morgan fingerprint density at radius 3 is 2.89 bits per heavy atom. The molecule has 0 spiro atoms. The Morgan fingerprint density at radius 2 is 2.18 bits per heavy atom. The number of rotatable bonds is 7. The molecule has 1 aliphatic rings. The topological polar surface area (TPSA) is 88.7 Å². The van der Waals surface area contributed by atoms with Crippen LogP contribution >= 0.6 is 24.0 Å². The molecular formula is C19H21N5O2S2. The van der Waals surface area contributed by atoms with E-state index in [0.29, 0.717) is 28.7 Å². The molecule has 7 nitrogen and oxygen atoms in total. The molecule has 1 amide bonds. The minimum atomic E-state index is -0.127. The summed E-state index contributed by atoms with van der Waals surface area (Å²) in [6.07, 6.45) is 2.21. The van der Waals surface area contributed by atoms with Gasteiger partial charge in [0.1, 0.15) is 5.76 Å². The number of aryl methyl sites for hydroxylation is 2. The van der Waals surface area contributed by atoms with Gasteiger partial charge in [0.25, 0.3) is 5.91 Å². The minimum absolute atomic E-state index is 0.127. The summed E-state index contributed by atoms with van der Waals surface area (Å²) in [4.78, 5) is 13.7. The summed E-state index contributed by atoms with van der Waals surface area (Å²) in [6.45, 7) is 4.17. The first-order valence-electron chi connectivity index (χ1n) is 9.12. The van der Waals surface area contributed by atoms with Gasteiger partial charge in [0.05, 0.1) is 17.8 Å². The van der Waals surface area contributed by atoms with Crippen LogP contribution in [0, 0.1) is 18.6 Å². The van der Waals surface area contributed by atoms with E-state index in [4.69, 9.17) is 16.7 Å². The lowest BCUT2D eigenvalue weighted by molar-refractivity contribution is 0.0946. The summed E-state index contributed by atoms with van der Waals surface area (Å²) in [5, 5.41) is 14.1. The van der Waals surface area contributed by atoms with Crippen molar-refractivity contribution in [3.63, 3.8) is 0 Å². The van der Waals surface area contributed by atoms with Crippen LogP contribution in [0.1, 0.15) is 52.1 Å². The number of amides is 1. The highest BCUT2D eigenvalue weighted by molar-refractivity contribution is 7.98. The highest BCUT2D eigenvalue weighted by atomic mass is 32.2. The molecular weight excluding hydrogens is 394 g/mol. The van der Waals surface area contributed by atoms with E-state index in [9.17, 15) is 4.79 Å². The molecule has 0 bridgehead atoms. The fourth-order valence-corrected chi connectivity index (χ4v) is 4.57. The fourth-order valence-electron chi connectivity index (χ4n) is 3.06. The van der Waals surface area contributed by atoms with Gasteiger partial charge in [-0.05, 0) is 51.0 Å². The molecule has 1 aliphatic carbocycles. The van der Waals surface area contributed by atoms with Crippen LogP contribution in [0.5, 0.6) is 0 Å². The summed E-state index contributed by atoms with van der Waals surface area (Å²) < 4.78 is 7.84. The summed E-state index contributed by atoms with van der Waals surface area (Å²) >= 11 is 6.89. The van der Waals surface area contributed by atoms with Crippen LogP contribution in [-0.2, 0) is 12.3 Å². The van der Waals surface area contributed by atoms with Gasteiger partial charge in [0.2, 0.25) is 0 Å². The van der Waals surface area contributed by atoms with E-state index in [1.165, 1.54) is 0 Å². The van der Waals surface area contributed by atoms with Crippen molar-refractivity contribution in [2.75, 3.05) is 0 Å². The Bertz CT molecular complexity index is 1040. The van der Waals surface area contributed by atoms with E-state index in [1.54, 1.807) is 11.8 Å². The van der Waals surface area contributed by atoms with Crippen molar-refractivity contribution in [3.8, 4) is 0 Å². The first-order chi connectivity index (χ1) is 13.5. The Kier molecular flexibility index (Phi) is 5.36. The van der Waals surface area contributed by atoms with Gasteiger partial charge in [-0.15, -0.1) is 11.8 Å². The Labute approximate surface area is 171 Å². The summed E-state index contributed by atoms with van der Waals surface area (Å²) in [6, 6.07) is 8.01. The molecule has 4 rings (SSSR count). The molecule has 0 atom stereocenters. The molecule has 3 aromatic rings. The van der Waals surface area contributed by atoms with E-state index >= 15 is 0 Å². The van der Waals surface area contributed by atoms with Crippen molar-refractivity contribution in [1.29, 1.82) is 0 Å². The van der Waals surface area contributed by atoms with Crippen LogP contribution in [0.25, 0.3) is 0 Å². The Hall–Kier alpha value is -2.39. The van der Waals surface area contributed by atoms with Crippen LogP contribution < -0.4 is 5.32 Å². The smallest absolute Gasteiger partial charge is 0.252 e. The number of carbonyl (C=O) groups excluding carboxylic acids is 1. The number of aromatic amines is 1. The third-order valence-corrected chi connectivity index (χ3v) is 6.17. The maximum Gasteiger partial charge on any atom is 0.252 e. The molecule has 1 saturated carbocycles. The highest BCUT2D eigenvalue weighted by Crippen LogP contribution is 2.35. The number of hydrogen-bond acceptors (Lipinski definition) is 6. The van der Waals surface area contributed by atoms with Gasteiger partial charge in [-0.1, -0.05) is 17.3 Å². The monoisotopic (exact) mass is 415 g/mol. The fraction of sp³-hybridized carbons (Fsp3) is 0.368. The average molecular weight is 416 g/mol. The SMILES string of the molecule is Cc1noc(C)c1CSc1ccccc1C(=O)NCc1n[nH]c(=S)n1C1CC1. The van der Waals surface area contributed by atoms with Crippen LogP contribution in [0.15, 0.2) is 33.7 Å². The lowest BCUT2D eigenvalue weighted by Crippen LogP contribution is -2.25. The third kappa shape index (κ3) is 3.90. The van der Waals surface area contributed by atoms with Gasteiger partial charge in [0.15, 0.2) is 10.6 Å². The van der Waals surface area contributed by atoms with Crippen molar-refractivity contribution in [3.05, 3.63) is 57.4 Å². The molecule has 0 aliphatic heterocycles. The molecule has 2 aromatic heterocycles. The number of thioether (sulfide) groups is 1.